The van der Waals surface area contributed by atoms with Crippen LogP contribution in [0.1, 0.15) is 10.6 Å². The molecular weight excluding hydrogens is 168 g/mol. The molecule has 0 atom stereocenters. The predicted octanol–water partition coefficient (Wildman–Crippen LogP) is 0.722. The summed E-state index contributed by atoms with van der Waals surface area (Å²) in [6.07, 6.45) is 4.20. The van der Waals surface area contributed by atoms with E-state index in [2.05, 4.69) is 26.5 Å². The molecule has 2 heterocycles. The third-order valence-electron chi connectivity index (χ3n) is 1.58. The van der Waals surface area contributed by atoms with Gasteiger partial charge >= 0.3 is 0 Å². The van der Waals surface area contributed by atoms with Crippen LogP contribution >= 0.6 is 0 Å². The van der Waals surface area contributed by atoms with Gasteiger partial charge in [-0.25, -0.2) is 15.0 Å². The van der Waals surface area contributed by atoms with E-state index in [4.69, 9.17) is 0 Å². The molecule has 0 aliphatic rings. The lowest BCUT2D eigenvalue weighted by Gasteiger charge is -1.92. The second-order valence-corrected chi connectivity index (χ2v) is 2.40. The Morgan fingerprint density at radius 3 is 3.15 bits per heavy atom. The molecule has 0 spiro atoms. The Balaban J connectivity index is 2.60. The molecule has 0 aromatic carbocycles. The summed E-state index contributed by atoms with van der Waals surface area (Å²) in [7, 11) is 0. The lowest BCUT2D eigenvalue weighted by atomic mass is 10.3. The van der Waals surface area contributed by atoms with Crippen molar-refractivity contribution in [3.05, 3.63) is 31.0 Å². The van der Waals surface area contributed by atoms with E-state index < -0.39 is 0 Å². The molecule has 13 heavy (non-hydrogen) atoms. The summed E-state index contributed by atoms with van der Waals surface area (Å²) in [5.41, 5.74) is 1.20. The molecule has 0 aliphatic carbocycles. The first kappa shape index (κ1) is 7.60. The molecule has 0 unspecified atom stereocenters. The Labute approximate surface area is 73.5 Å². The van der Waals surface area contributed by atoms with Gasteiger partial charge in [0.2, 0.25) is 11.6 Å². The van der Waals surface area contributed by atoms with Crippen LogP contribution in [-0.4, -0.2) is 25.7 Å². The first-order valence-corrected chi connectivity index (χ1v) is 3.64. The van der Waals surface area contributed by atoms with Gasteiger partial charge in [0.05, 0.1) is 12.5 Å². The highest BCUT2D eigenvalue weighted by molar-refractivity contribution is 6.01. The first-order chi connectivity index (χ1) is 6.31. The molecule has 0 saturated heterocycles. The van der Waals surface area contributed by atoms with Crippen LogP contribution in [0.15, 0.2) is 25.2 Å². The molecule has 0 bridgehead atoms. The molecule has 2 aromatic heterocycles. The topological polar surface area (TPSA) is 71.5 Å². The number of hydrogen-bond acceptors (Lipinski definition) is 4. The number of H-pyrrole nitrogens is 1. The summed E-state index contributed by atoms with van der Waals surface area (Å²) in [6, 6.07) is 0. The minimum atomic E-state index is -0.301. The van der Waals surface area contributed by atoms with E-state index in [1.165, 1.54) is 18.6 Å². The zero-order valence-corrected chi connectivity index (χ0v) is 6.69. The first-order valence-electron chi connectivity index (χ1n) is 3.64. The number of carbonyl (C=O) groups is 1. The summed E-state index contributed by atoms with van der Waals surface area (Å²) >= 11 is 0. The number of hydrogen-bond donors (Lipinski definition) is 1. The highest BCUT2D eigenvalue weighted by atomic mass is 16.1. The fraction of sp³-hybridized carbons (Fsp3) is 0. The summed E-state index contributed by atoms with van der Waals surface area (Å²) in [5.74, 6) is -0.181. The van der Waals surface area contributed by atoms with E-state index in [0.717, 1.165) is 0 Å². The number of rotatable bonds is 2. The molecule has 0 fully saturated rings. The normalized spacial score (nSPS) is 10.2. The maximum Gasteiger partial charge on any atom is 0.222 e. The number of fused-ring (bicyclic) bond motifs is 1. The Morgan fingerprint density at radius 1 is 1.54 bits per heavy atom. The van der Waals surface area contributed by atoms with Crippen molar-refractivity contribution >= 4 is 16.9 Å². The molecule has 1 N–H and O–H groups in total. The van der Waals surface area contributed by atoms with Crippen LogP contribution in [0.5, 0.6) is 0 Å². The van der Waals surface area contributed by atoms with E-state index in [9.17, 15) is 4.79 Å². The van der Waals surface area contributed by atoms with Gasteiger partial charge in [-0.2, -0.15) is 0 Å². The number of allylic oxidation sites excluding steroid dienone is 1. The molecule has 5 heteroatoms. The van der Waals surface area contributed by atoms with Crippen molar-refractivity contribution in [2.75, 3.05) is 0 Å². The van der Waals surface area contributed by atoms with Crippen molar-refractivity contribution in [2.24, 2.45) is 0 Å². The Hall–Kier alpha value is -2.04. The van der Waals surface area contributed by atoms with Crippen LogP contribution in [0.4, 0.5) is 0 Å². The zero-order valence-electron chi connectivity index (χ0n) is 6.69. The second-order valence-electron chi connectivity index (χ2n) is 2.40. The highest BCUT2D eigenvalue weighted by Crippen LogP contribution is 2.04. The van der Waals surface area contributed by atoms with Crippen LogP contribution in [0, 0.1) is 0 Å². The maximum absolute atomic E-state index is 11.1. The number of carbonyl (C=O) groups excluding carboxylic acids is 1. The fourth-order valence-corrected chi connectivity index (χ4v) is 0.946. The second kappa shape index (κ2) is 2.78. The number of ketones is 1. The minimum absolute atomic E-state index is 0.120. The minimum Gasteiger partial charge on any atom is -0.342 e. The van der Waals surface area contributed by atoms with E-state index in [-0.39, 0.29) is 11.6 Å². The van der Waals surface area contributed by atoms with Gasteiger partial charge in [0.25, 0.3) is 0 Å². The Kier molecular flexibility index (Phi) is 1.63. The van der Waals surface area contributed by atoms with Gasteiger partial charge in [0, 0.05) is 0 Å². The summed E-state index contributed by atoms with van der Waals surface area (Å²) in [4.78, 5) is 25.6. The fourth-order valence-electron chi connectivity index (χ4n) is 0.946. The summed E-state index contributed by atoms with van der Waals surface area (Å²) < 4.78 is 0. The molecule has 0 saturated carbocycles. The van der Waals surface area contributed by atoms with Crippen molar-refractivity contribution in [3.8, 4) is 0 Å². The summed E-state index contributed by atoms with van der Waals surface area (Å²) in [5, 5.41) is 0. The van der Waals surface area contributed by atoms with Crippen LogP contribution < -0.4 is 0 Å². The molecule has 5 nitrogen and oxygen atoms in total. The van der Waals surface area contributed by atoms with Crippen LogP contribution in [-0.2, 0) is 0 Å². The quantitative estimate of drug-likeness (QED) is 0.538. The number of aromatic amines is 1. The van der Waals surface area contributed by atoms with Gasteiger partial charge in [-0.3, -0.25) is 4.79 Å². The van der Waals surface area contributed by atoms with Gasteiger partial charge in [0.1, 0.15) is 5.52 Å². The predicted molar refractivity (Wildman–Crippen MR) is 46.2 cm³/mol. The third-order valence-corrected chi connectivity index (χ3v) is 1.58. The maximum atomic E-state index is 11.1. The number of aromatic nitrogens is 4. The summed E-state index contributed by atoms with van der Waals surface area (Å²) in [6.45, 7) is 3.35. The molecule has 2 rings (SSSR count). The lowest BCUT2D eigenvalue weighted by Crippen LogP contribution is -2.01. The lowest BCUT2D eigenvalue weighted by molar-refractivity contribution is 0.103. The Bertz CT molecular complexity index is 474. The van der Waals surface area contributed by atoms with Gasteiger partial charge in [-0.1, -0.05) is 6.58 Å². The average molecular weight is 174 g/mol. The standard InChI is InChI=1S/C8H6N4O/c1-2-6(13)8-9-3-5-7(12-8)11-4-10-5/h2-4H,1H2,(H,9,10,11,12). The molecule has 0 aliphatic heterocycles. The molecule has 2 aromatic rings. The van der Waals surface area contributed by atoms with E-state index in [0.29, 0.717) is 11.2 Å². The van der Waals surface area contributed by atoms with Crippen molar-refractivity contribution in [2.45, 2.75) is 0 Å². The molecule has 64 valence electrons. The van der Waals surface area contributed by atoms with Crippen LogP contribution in [0.3, 0.4) is 0 Å². The van der Waals surface area contributed by atoms with E-state index >= 15 is 0 Å². The smallest absolute Gasteiger partial charge is 0.222 e. The average Bonchev–Trinajstić information content (AvgIpc) is 2.63. The van der Waals surface area contributed by atoms with E-state index in [1.54, 1.807) is 0 Å². The van der Waals surface area contributed by atoms with Crippen molar-refractivity contribution in [1.82, 2.24) is 19.9 Å². The van der Waals surface area contributed by atoms with E-state index in [1.807, 2.05) is 0 Å². The largest absolute Gasteiger partial charge is 0.342 e. The van der Waals surface area contributed by atoms with Crippen molar-refractivity contribution in [1.29, 1.82) is 0 Å². The monoisotopic (exact) mass is 174 g/mol. The van der Waals surface area contributed by atoms with Gasteiger partial charge < -0.3 is 4.98 Å². The zero-order chi connectivity index (χ0) is 9.26. The molecule has 0 amide bonds. The van der Waals surface area contributed by atoms with Gasteiger partial charge in [-0.05, 0) is 6.08 Å². The van der Waals surface area contributed by atoms with Gasteiger partial charge in [-0.15, -0.1) is 0 Å². The highest BCUT2D eigenvalue weighted by Gasteiger charge is 2.06. The molecular formula is C8H6N4O. The van der Waals surface area contributed by atoms with Crippen LogP contribution in [0.2, 0.25) is 0 Å². The van der Waals surface area contributed by atoms with Gasteiger partial charge in [0.15, 0.2) is 5.65 Å². The number of nitrogens with zero attached hydrogens (tertiary/aromatic N) is 3. The SMILES string of the molecule is C=CC(=O)c1ncc2[nH]cnc2n1. The Morgan fingerprint density at radius 2 is 2.38 bits per heavy atom. The van der Waals surface area contributed by atoms with Crippen molar-refractivity contribution in [3.63, 3.8) is 0 Å². The molecule has 0 radical (unpaired) electrons. The van der Waals surface area contributed by atoms with Crippen LogP contribution in [0.25, 0.3) is 11.2 Å². The third kappa shape index (κ3) is 1.20. The van der Waals surface area contributed by atoms with Crippen molar-refractivity contribution < 1.29 is 4.79 Å². The number of nitrogens with one attached hydrogen (secondary N) is 1. The number of imidazole rings is 1.